The van der Waals surface area contributed by atoms with Gasteiger partial charge in [0.2, 0.25) is 11.9 Å². The first-order valence-corrected chi connectivity index (χ1v) is 14.7. The number of amides is 1. The quantitative estimate of drug-likeness (QED) is 0.152. The predicted molar refractivity (Wildman–Crippen MR) is 158 cm³/mol. The highest BCUT2D eigenvalue weighted by molar-refractivity contribution is 5.85. The van der Waals surface area contributed by atoms with Crippen LogP contribution in [-0.4, -0.2) is 137 Å². The second-order valence-corrected chi connectivity index (χ2v) is 11.5. The average molecular weight is 657 g/mol. The normalized spacial score (nSPS) is 23.8. The number of aliphatic carboxylic acids is 1. The highest BCUT2D eigenvalue weighted by Gasteiger charge is 2.44. The van der Waals surface area contributed by atoms with Crippen molar-refractivity contribution >= 4 is 34.8 Å². The number of imidazole rings is 2. The Hall–Kier alpha value is -4.07. The maximum atomic E-state index is 12.0. The van der Waals surface area contributed by atoms with E-state index < -0.39 is 36.4 Å². The van der Waals surface area contributed by atoms with Gasteiger partial charge in [-0.3, -0.25) is 4.79 Å². The molecular weight excluding hydrogens is 617 g/mol. The van der Waals surface area contributed by atoms with Crippen LogP contribution in [0.4, 0.5) is 24.9 Å². The molecule has 19 heteroatoms. The lowest BCUT2D eigenvalue weighted by molar-refractivity contribution is -0.192. The molecule has 6 atom stereocenters. The van der Waals surface area contributed by atoms with Crippen molar-refractivity contribution in [3.63, 3.8) is 0 Å². The standard InChI is InChI=1S/C25H38N10O4.C2HF3O2/c1-4-19(37)30-17-8-18(22(39)21(17)38)35-13-28-20-23(29-15(11-36)7-14-9-26-12-27-14)31-25(32-24(20)35)34-6-5-16(10-34)33(2)3;3-2(4,5)1(6)7/h9,12-13,15-18,21-22,36,38-39H,4-8,10-11H2,1-3H3,(H,26,27)(H,30,37)(H,29,31,32);(H,6,7)/t15-,16+,17-,18+,21+,22-;/m0./s1. The van der Waals surface area contributed by atoms with Crippen LogP contribution in [0.25, 0.3) is 11.2 Å². The summed E-state index contributed by atoms with van der Waals surface area (Å²) in [7, 11) is 4.11. The molecule has 7 N–H and O–H groups in total. The Balaban J connectivity index is 0.000000617. The molecule has 0 aromatic carbocycles. The maximum Gasteiger partial charge on any atom is 0.490 e. The van der Waals surface area contributed by atoms with Crippen molar-refractivity contribution in [2.75, 3.05) is 44.0 Å². The molecule has 16 nitrogen and oxygen atoms in total. The van der Waals surface area contributed by atoms with Gasteiger partial charge in [-0.05, 0) is 26.9 Å². The Morgan fingerprint density at radius 3 is 2.48 bits per heavy atom. The molecule has 1 amide bonds. The minimum absolute atomic E-state index is 0.146. The average Bonchev–Trinajstić information content (AvgIpc) is 3.82. The zero-order chi connectivity index (χ0) is 33.8. The number of carbonyl (C=O) groups excluding carboxylic acids is 1. The van der Waals surface area contributed by atoms with Crippen LogP contribution >= 0.6 is 0 Å². The second-order valence-electron chi connectivity index (χ2n) is 11.5. The number of halogens is 3. The van der Waals surface area contributed by atoms with E-state index in [0.29, 0.717) is 41.8 Å². The summed E-state index contributed by atoms with van der Waals surface area (Å²) in [5.74, 6) is -1.95. The van der Waals surface area contributed by atoms with E-state index >= 15 is 0 Å². The number of H-pyrrole nitrogens is 1. The van der Waals surface area contributed by atoms with Gasteiger partial charge in [0.1, 0.15) is 12.2 Å². The Labute approximate surface area is 261 Å². The Morgan fingerprint density at radius 1 is 1.20 bits per heavy atom. The molecule has 0 spiro atoms. The summed E-state index contributed by atoms with van der Waals surface area (Å²) in [4.78, 5) is 46.7. The van der Waals surface area contributed by atoms with Gasteiger partial charge in [0.25, 0.3) is 0 Å². The van der Waals surface area contributed by atoms with Crippen molar-refractivity contribution in [1.29, 1.82) is 0 Å². The fraction of sp³-hybridized carbons (Fsp3) is 0.630. The van der Waals surface area contributed by atoms with Crippen LogP contribution in [0.5, 0.6) is 0 Å². The lowest BCUT2D eigenvalue weighted by Gasteiger charge is -2.23. The van der Waals surface area contributed by atoms with Crippen molar-refractivity contribution < 1.29 is 43.2 Å². The van der Waals surface area contributed by atoms with Crippen LogP contribution in [0, 0.1) is 0 Å². The van der Waals surface area contributed by atoms with Gasteiger partial charge in [-0.25, -0.2) is 14.8 Å². The van der Waals surface area contributed by atoms with E-state index in [9.17, 15) is 33.3 Å². The molecule has 2 aliphatic rings. The van der Waals surface area contributed by atoms with Crippen LogP contribution in [0.1, 0.15) is 37.9 Å². The van der Waals surface area contributed by atoms with Gasteiger partial charge in [0.15, 0.2) is 17.0 Å². The third-order valence-corrected chi connectivity index (χ3v) is 8.08. The van der Waals surface area contributed by atoms with Crippen molar-refractivity contribution in [1.82, 2.24) is 39.7 Å². The summed E-state index contributed by atoms with van der Waals surface area (Å²) in [6, 6.07) is -1.13. The summed E-state index contributed by atoms with van der Waals surface area (Å²) in [5, 5.41) is 45.0. The molecule has 1 aliphatic heterocycles. The molecule has 254 valence electrons. The van der Waals surface area contributed by atoms with E-state index in [1.807, 2.05) is 0 Å². The number of carboxylic acids is 1. The highest BCUT2D eigenvalue weighted by atomic mass is 19.4. The number of likely N-dealkylation sites (N-methyl/N-ethyl adjacent to an activating group) is 1. The number of aromatic amines is 1. The number of rotatable bonds is 10. The van der Waals surface area contributed by atoms with Crippen LogP contribution in [0.2, 0.25) is 0 Å². The molecule has 3 aromatic rings. The minimum atomic E-state index is -5.08. The smallest absolute Gasteiger partial charge is 0.475 e. The predicted octanol–water partition coefficient (Wildman–Crippen LogP) is -0.100. The van der Waals surface area contributed by atoms with Gasteiger partial charge < -0.3 is 50.4 Å². The van der Waals surface area contributed by atoms with Crippen molar-refractivity contribution in [2.45, 2.75) is 75.2 Å². The van der Waals surface area contributed by atoms with E-state index in [4.69, 9.17) is 19.9 Å². The first-order valence-electron chi connectivity index (χ1n) is 14.7. The number of anilines is 2. The van der Waals surface area contributed by atoms with E-state index in [1.54, 1.807) is 30.3 Å². The van der Waals surface area contributed by atoms with E-state index in [0.717, 1.165) is 25.2 Å². The Bertz CT molecular complexity index is 1470. The number of aliphatic hydroxyl groups excluding tert-OH is 3. The number of nitrogens with zero attached hydrogens (tertiary/aromatic N) is 7. The molecule has 5 rings (SSSR count). The van der Waals surface area contributed by atoms with E-state index in [1.165, 1.54) is 0 Å². The van der Waals surface area contributed by atoms with Crippen molar-refractivity contribution in [3.05, 3.63) is 24.5 Å². The minimum Gasteiger partial charge on any atom is -0.475 e. The molecule has 0 radical (unpaired) electrons. The number of aliphatic hydroxyl groups is 3. The third kappa shape index (κ3) is 8.01. The number of carbonyl (C=O) groups is 2. The number of hydrogen-bond acceptors (Lipinski definition) is 12. The van der Waals surface area contributed by atoms with Crippen LogP contribution in [-0.2, 0) is 16.0 Å². The number of hydrogen-bond donors (Lipinski definition) is 7. The number of fused-ring (bicyclic) bond motifs is 1. The van der Waals surface area contributed by atoms with Gasteiger partial charge in [-0.15, -0.1) is 0 Å². The molecule has 1 saturated heterocycles. The zero-order valence-corrected chi connectivity index (χ0v) is 25.5. The monoisotopic (exact) mass is 656 g/mol. The third-order valence-electron chi connectivity index (χ3n) is 8.08. The molecule has 4 heterocycles. The SMILES string of the molecule is CCC(=O)N[C@H]1C[C@@H](n2cnc3c(N[C@H](CO)Cc4c[nH]cn4)nc(N4CC[C@@H](N(C)C)C4)nc32)[C@H](O)[C@@H]1O.O=C(O)C(F)(F)F. The molecule has 46 heavy (non-hydrogen) atoms. The summed E-state index contributed by atoms with van der Waals surface area (Å²) in [6.07, 6.45) is -0.285. The molecule has 0 unspecified atom stereocenters. The fourth-order valence-electron chi connectivity index (χ4n) is 5.48. The van der Waals surface area contributed by atoms with Gasteiger partial charge in [0.05, 0.1) is 43.1 Å². The largest absolute Gasteiger partial charge is 0.490 e. The fourth-order valence-corrected chi connectivity index (χ4v) is 5.48. The van der Waals surface area contributed by atoms with Crippen molar-refractivity contribution in [3.8, 4) is 0 Å². The summed E-state index contributed by atoms with van der Waals surface area (Å²) in [6.45, 7) is 3.15. The second kappa shape index (κ2) is 14.6. The zero-order valence-electron chi connectivity index (χ0n) is 25.5. The molecule has 1 saturated carbocycles. The van der Waals surface area contributed by atoms with Crippen LogP contribution in [0.3, 0.4) is 0 Å². The Morgan fingerprint density at radius 2 is 1.91 bits per heavy atom. The van der Waals surface area contributed by atoms with Gasteiger partial charge in [-0.1, -0.05) is 6.92 Å². The Kier molecular flexibility index (Phi) is 11.0. The molecule has 3 aromatic heterocycles. The number of nitrogens with one attached hydrogen (secondary N) is 3. The maximum absolute atomic E-state index is 12.0. The summed E-state index contributed by atoms with van der Waals surface area (Å²) >= 11 is 0. The first-order chi connectivity index (χ1) is 21.7. The summed E-state index contributed by atoms with van der Waals surface area (Å²) < 4.78 is 33.5. The number of carboxylic acid groups (broad SMARTS) is 1. The van der Waals surface area contributed by atoms with Gasteiger partial charge >= 0.3 is 12.1 Å². The van der Waals surface area contributed by atoms with Crippen LogP contribution < -0.4 is 15.5 Å². The topological polar surface area (TPSA) is 218 Å². The van der Waals surface area contributed by atoms with Gasteiger partial charge in [0, 0.05) is 38.2 Å². The van der Waals surface area contributed by atoms with E-state index in [2.05, 4.69) is 49.5 Å². The lowest BCUT2D eigenvalue weighted by Crippen LogP contribution is -2.42. The lowest BCUT2D eigenvalue weighted by atomic mass is 10.2. The molecular formula is C27H39F3N10O6. The highest BCUT2D eigenvalue weighted by Crippen LogP contribution is 2.35. The number of alkyl halides is 3. The first kappa shape index (κ1) is 34.8. The molecule has 1 aliphatic carbocycles. The van der Waals surface area contributed by atoms with Gasteiger partial charge in [-0.2, -0.15) is 23.1 Å². The number of aromatic nitrogens is 6. The van der Waals surface area contributed by atoms with E-state index in [-0.39, 0.29) is 25.0 Å². The summed E-state index contributed by atoms with van der Waals surface area (Å²) in [5.41, 5.74) is 1.80. The van der Waals surface area contributed by atoms with Crippen molar-refractivity contribution in [2.24, 2.45) is 0 Å². The van der Waals surface area contributed by atoms with Crippen LogP contribution in [0.15, 0.2) is 18.9 Å². The molecule has 0 bridgehead atoms. The molecule has 2 fully saturated rings.